The number of rotatable bonds is 5. The number of halogens is 1. The van der Waals surface area contributed by atoms with Crippen LogP contribution in [0.15, 0.2) is 42.5 Å². The molecule has 0 heterocycles. The Labute approximate surface area is 142 Å². The van der Waals surface area contributed by atoms with E-state index in [1.54, 1.807) is 31.2 Å². The number of carbonyl (C=O) groups is 1. The van der Waals surface area contributed by atoms with Crippen molar-refractivity contribution in [2.45, 2.75) is 26.4 Å². The van der Waals surface area contributed by atoms with Gasteiger partial charge >= 0.3 is 6.03 Å². The van der Waals surface area contributed by atoms with E-state index in [0.717, 1.165) is 22.4 Å². The molecule has 0 fully saturated rings. The zero-order valence-corrected chi connectivity index (χ0v) is 14.5. The van der Waals surface area contributed by atoms with Gasteiger partial charge in [-0.15, -0.1) is 0 Å². The average molecular weight is 330 g/mol. The molecule has 0 saturated carbocycles. The number of benzene rings is 2. The van der Waals surface area contributed by atoms with Crippen LogP contribution in [0.1, 0.15) is 29.7 Å². The first-order valence-corrected chi connectivity index (χ1v) is 7.81. The molecule has 4 nitrogen and oxygen atoms in total. The summed E-state index contributed by atoms with van der Waals surface area (Å²) >= 11 is 0. The smallest absolute Gasteiger partial charge is 0.317 e. The molecule has 1 unspecified atom stereocenters. The minimum Gasteiger partial charge on any atom is -0.496 e. The van der Waals surface area contributed by atoms with Gasteiger partial charge in [0.25, 0.3) is 0 Å². The molecule has 0 bridgehead atoms. The molecule has 2 amide bonds. The Balaban J connectivity index is 2.02. The molecule has 2 rings (SSSR count). The number of nitrogens with one attached hydrogen (secondary N) is 1. The Morgan fingerprint density at radius 1 is 1.25 bits per heavy atom. The molecule has 128 valence electrons. The van der Waals surface area contributed by atoms with E-state index in [-0.39, 0.29) is 17.9 Å². The summed E-state index contributed by atoms with van der Waals surface area (Å²) < 4.78 is 18.3. The van der Waals surface area contributed by atoms with Gasteiger partial charge in [0.1, 0.15) is 11.6 Å². The third-order valence-electron chi connectivity index (χ3n) is 3.87. The number of aryl methyl sites for hydroxylation is 1. The Kier molecular flexibility index (Phi) is 5.79. The molecule has 1 N–H and O–H groups in total. The number of ether oxygens (including phenoxy) is 1. The second-order valence-corrected chi connectivity index (χ2v) is 5.90. The van der Waals surface area contributed by atoms with Crippen molar-refractivity contribution in [3.63, 3.8) is 0 Å². The molecule has 0 radical (unpaired) electrons. The van der Waals surface area contributed by atoms with E-state index in [9.17, 15) is 9.18 Å². The highest BCUT2D eigenvalue weighted by molar-refractivity contribution is 5.74. The number of amides is 2. The van der Waals surface area contributed by atoms with Crippen LogP contribution in [-0.4, -0.2) is 25.1 Å². The van der Waals surface area contributed by atoms with Crippen LogP contribution < -0.4 is 10.1 Å². The van der Waals surface area contributed by atoms with Crippen molar-refractivity contribution in [3.8, 4) is 5.75 Å². The van der Waals surface area contributed by atoms with Crippen LogP contribution in [-0.2, 0) is 6.54 Å². The zero-order valence-electron chi connectivity index (χ0n) is 14.5. The lowest BCUT2D eigenvalue weighted by Crippen LogP contribution is -2.38. The van der Waals surface area contributed by atoms with Gasteiger partial charge in [0, 0.05) is 19.2 Å². The molecule has 0 saturated heterocycles. The predicted octanol–water partition coefficient (Wildman–Crippen LogP) is 4.05. The molecule has 0 aliphatic heterocycles. The number of nitrogens with zero attached hydrogens (tertiary/aromatic N) is 1. The van der Waals surface area contributed by atoms with Crippen molar-refractivity contribution in [1.29, 1.82) is 0 Å². The third kappa shape index (κ3) is 4.47. The van der Waals surface area contributed by atoms with Crippen LogP contribution in [0, 0.1) is 12.7 Å². The number of methoxy groups -OCH3 is 1. The quantitative estimate of drug-likeness (QED) is 0.899. The van der Waals surface area contributed by atoms with Gasteiger partial charge in [0.15, 0.2) is 0 Å². The summed E-state index contributed by atoms with van der Waals surface area (Å²) in [6.45, 7) is 4.32. The van der Waals surface area contributed by atoms with Crippen LogP contribution in [0.2, 0.25) is 0 Å². The molecule has 5 heteroatoms. The minimum atomic E-state index is -0.286. The Bertz CT molecular complexity index is 701. The summed E-state index contributed by atoms with van der Waals surface area (Å²) in [5, 5.41) is 2.96. The van der Waals surface area contributed by atoms with E-state index in [1.807, 2.05) is 32.0 Å². The van der Waals surface area contributed by atoms with Crippen molar-refractivity contribution < 1.29 is 13.9 Å². The first kappa shape index (κ1) is 17.8. The zero-order chi connectivity index (χ0) is 17.7. The average Bonchev–Trinajstić information content (AvgIpc) is 2.56. The van der Waals surface area contributed by atoms with Gasteiger partial charge in [-0.25, -0.2) is 9.18 Å². The normalized spacial score (nSPS) is 11.7. The minimum absolute atomic E-state index is 0.192. The topological polar surface area (TPSA) is 41.6 Å². The fourth-order valence-corrected chi connectivity index (χ4v) is 2.50. The fourth-order valence-electron chi connectivity index (χ4n) is 2.50. The standard InChI is InChI=1S/C19H23FN2O2/c1-13-5-10-18(24-4)17(11-13)14(2)21-19(23)22(3)12-15-6-8-16(20)9-7-15/h5-11,14H,12H2,1-4H3,(H,21,23). The summed E-state index contributed by atoms with van der Waals surface area (Å²) in [5.41, 5.74) is 2.91. The van der Waals surface area contributed by atoms with Crippen molar-refractivity contribution in [2.24, 2.45) is 0 Å². The second-order valence-electron chi connectivity index (χ2n) is 5.90. The largest absolute Gasteiger partial charge is 0.496 e. The molecule has 0 aliphatic rings. The first-order valence-electron chi connectivity index (χ1n) is 7.81. The van der Waals surface area contributed by atoms with E-state index >= 15 is 0 Å². The summed E-state index contributed by atoms with van der Waals surface area (Å²) in [6.07, 6.45) is 0. The van der Waals surface area contributed by atoms with E-state index in [4.69, 9.17) is 4.74 Å². The van der Waals surface area contributed by atoms with E-state index in [1.165, 1.54) is 12.1 Å². The van der Waals surface area contributed by atoms with Crippen molar-refractivity contribution >= 4 is 6.03 Å². The molecule has 24 heavy (non-hydrogen) atoms. The molecule has 2 aromatic rings. The maximum Gasteiger partial charge on any atom is 0.317 e. The van der Waals surface area contributed by atoms with Gasteiger partial charge in [-0.05, 0) is 37.6 Å². The fraction of sp³-hybridized carbons (Fsp3) is 0.316. The Morgan fingerprint density at radius 2 is 1.92 bits per heavy atom. The Hall–Kier alpha value is -2.56. The van der Waals surface area contributed by atoms with Crippen molar-refractivity contribution in [1.82, 2.24) is 10.2 Å². The SMILES string of the molecule is COc1ccc(C)cc1C(C)NC(=O)N(C)Cc1ccc(F)cc1. The van der Waals surface area contributed by atoms with E-state index in [2.05, 4.69) is 5.32 Å². The van der Waals surface area contributed by atoms with Gasteiger partial charge in [0.05, 0.1) is 13.2 Å². The highest BCUT2D eigenvalue weighted by Crippen LogP contribution is 2.26. The molecule has 0 spiro atoms. The number of hydrogen-bond acceptors (Lipinski definition) is 2. The van der Waals surface area contributed by atoms with Crippen LogP contribution in [0.5, 0.6) is 5.75 Å². The first-order chi connectivity index (χ1) is 11.4. The summed E-state index contributed by atoms with van der Waals surface area (Å²) in [6, 6.07) is 11.6. The van der Waals surface area contributed by atoms with Crippen LogP contribution in [0.3, 0.4) is 0 Å². The highest BCUT2D eigenvalue weighted by atomic mass is 19.1. The predicted molar refractivity (Wildman–Crippen MR) is 92.5 cm³/mol. The lowest BCUT2D eigenvalue weighted by molar-refractivity contribution is 0.203. The van der Waals surface area contributed by atoms with Gasteiger partial charge < -0.3 is 15.0 Å². The number of carbonyl (C=O) groups excluding carboxylic acids is 1. The number of urea groups is 1. The molecular weight excluding hydrogens is 307 g/mol. The van der Waals surface area contributed by atoms with Crippen LogP contribution >= 0.6 is 0 Å². The van der Waals surface area contributed by atoms with Gasteiger partial charge in [-0.1, -0.05) is 29.8 Å². The van der Waals surface area contributed by atoms with Crippen molar-refractivity contribution in [2.75, 3.05) is 14.2 Å². The maximum absolute atomic E-state index is 12.9. The van der Waals surface area contributed by atoms with Gasteiger partial charge in [-0.3, -0.25) is 0 Å². The van der Waals surface area contributed by atoms with Crippen LogP contribution in [0.4, 0.5) is 9.18 Å². The summed E-state index contributed by atoms with van der Waals surface area (Å²) in [5.74, 6) is 0.459. The molecule has 0 aromatic heterocycles. The highest BCUT2D eigenvalue weighted by Gasteiger charge is 2.17. The lowest BCUT2D eigenvalue weighted by Gasteiger charge is -2.23. The molecular formula is C19H23FN2O2. The van der Waals surface area contributed by atoms with Gasteiger partial charge in [0.2, 0.25) is 0 Å². The summed E-state index contributed by atoms with van der Waals surface area (Å²) in [4.78, 5) is 13.9. The molecule has 0 aliphatic carbocycles. The lowest BCUT2D eigenvalue weighted by atomic mass is 10.0. The Morgan fingerprint density at radius 3 is 2.54 bits per heavy atom. The van der Waals surface area contributed by atoms with E-state index < -0.39 is 0 Å². The third-order valence-corrected chi connectivity index (χ3v) is 3.87. The van der Waals surface area contributed by atoms with Gasteiger partial charge in [-0.2, -0.15) is 0 Å². The molecule has 1 atom stereocenters. The number of hydrogen-bond donors (Lipinski definition) is 1. The monoisotopic (exact) mass is 330 g/mol. The van der Waals surface area contributed by atoms with Crippen molar-refractivity contribution in [3.05, 3.63) is 65.0 Å². The van der Waals surface area contributed by atoms with E-state index in [0.29, 0.717) is 6.54 Å². The maximum atomic E-state index is 12.9. The van der Waals surface area contributed by atoms with Crippen LogP contribution in [0.25, 0.3) is 0 Å². The summed E-state index contributed by atoms with van der Waals surface area (Å²) in [7, 11) is 3.32. The molecule has 2 aromatic carbocycles. The second kappa shape index (κ2) is 7.81.